The quantitative estimate of drug-likeness (QED) is 0.723. The molecule has 0 aliphatic heterocycles. The summed E-state index contributed by atoms with van der Waals surface area (Å²) in [4.78, 5) is 1.31. The third kappa shape index (κ3) is 4.81. The van der Waals surface area contributed by atoms with Crippen molar-refractivity contribution >= 4 is 27.3 Å². The number of hydrogen-bond donors (Lipinski definition) is 1. The molecule has 1 heterocycles. The Kier molecular flexibility index (Phi) is 6.36. The van der Waals surface area contributed by atoms with Gasteiger partial charge in [-0.25, -0.2) is 0 Å². The van der Waals surface area contributed by atoms with Crippen LogP contribution in [0, 0.1) is 0 Å². The lowest BCUT2D eigenvalue weighted by Gasteiger charge is -2.11. The molecule has 0 radical (unpaired) electrons. The van der Waals surface area contributed by atoms with Crippen molar-refractivity contribution in [2.45, 2.75) is 13.5 Å². The van der Waals surface area contributed by atoms with E-state index in [0.29, 0.717) is 13.2 Å². The number of benzene rings is 1. The molecule has 0 saturated heterocycles. The number of halogens is 1. The summed E-state index contributed by atoms with van der Waals surface area (Å²) >= 11 is 5.20. The van der Waals surface area contributed by atoms with Gasteiger partial charge < -0.3 is 14.8 Å². The van der Waals surface area contributed by atoms with E-state index in [4.69, 9.17) is 9.47 Å². The highest BCUT2D eigenvalue weighted by Crippen LogP contribution is 2.26. The van der Waals surface area contributed by atoms with E-state index in [-0.39, 0.29) is 0 Å². The molecule has 1 aromatic heterocycles. The highest BCUT2D eigenvalue weighted by molar-refractivity contribution is 9.11. The van der Waals surface area contributed by atoms with Crippen molar-refractivity contribution in [2.24, 2.45) is 0 Å². The molecular formula is C15H18BrNO2S. The van der Waals surface area contributed by atoms with E-state index in [1.165, 1.54) is 4.88 Å². The lowest BCUT2D eigenvalue weighted by atomic mass is 10.3. The first kappa shape index (κ1) is 15.4. The van der Waals surface area contributed by atoms with Crippen LogP contribution in [0.5, 0.6) is 11.5 Å². The Morgan fingerprint density at radius 3 is 2.50 bits per heavy atom. The van der Waals surface area contributed by atoms with Crippen molar-refractivity contribution in [1.29, 1.82) is 0 Å². The third-order valence-corrected chi connectivity index (χ3v) is 4.24. The fraction of sp³-hybridized carbons (Fsp3) is 0.333. The molecule has 0 unspecified atom stereocenters. The van der Waals surface area contributed by atoms with Crippen LogP contribution in [0.3, 0.4) is 0 Å². The minimum absolute atomic E-state index is 0.622. The van der Waals surface area contributed by atoms with Gasteiger partial charge in [0.05, 0.1) is 10.4 Å². The van der Waals surface area contributed by atoms with Gasteiger partial charge in [0.2, 0.25) is 0 Å². The predicted octanol–water partition coefficient (Wildman–Crippen LogP) is 4.08. The second-order valence-corrected chi connectivity index (χ2v) is 6.66. The van der Waals surface area contributed by atoms with Crippen molar-refractivity contribution in [3.8, 4) is 11.5 Å². The summed E-state index contributed by atoms with van der Waals surface area (Å²) in [6, 6.07) is 11.9. The maximum absolute atomic E-state index is 5.74. The van der Waals surface area contributed by atoms with Gasteiger partial charge in [-0.1, -0.05) is 12.1 Å². The predicted molar refractivity (Wildman–Crippen MR) is 86.8 cm³/mol. The minimum Gasteiger partial charge on any atom is -0.490 e. The van der Waals surface area contributed by atoms with E-state index in [0.717, 1.165) is 28.4 Å². The highest BCUT2D eigenvalue weighted by Gasteiger charge is 2.03. The summed E-state index contributed by atoms with van der Waals surface area (Å²) in [5.74, 6) is 1.60. The zero-order valence-corrected chi connectivity index (χ0v) is 13.8. The van der Waals surface area contributed by atoms with Crippen LogP contribution in [0.25, 0.3) is 0 Å². The standard InChI is InChI=1S/C15H18BrNO2S/c1-2-18-13-5-3-4-6-14(13)19-10-9-17-11-12-7-8-15(16)20-12/h3-8,17H,2,9-11H2,1H3. The van der Waals surface area contributed by atoms with Crippen molar-refractivity contribution in [2.75, 3.05) is 19.8 Å². The van der Waals surface area contributed by atoms with Gasteiger partial charge in [-0.2, -0.15) is 0 Å². The zero-order chi connectivity index (χ0) is 14.2. The van der Waals surface area contributed by atoms with Gasteiger partial charge in [0, 0.05) is 18.0 Å². The molecule has 0 fully saturated rings. The molecule has 0 aliphatic carbocycles. The Labute approximate surface area is 132 Å². The molecule has 0 atom stereocenters. The maximum Gasteiger partial charge on any atom is 0.161 e. The summed E-state index contributed by atoms with van der Waals surface area (Å²) in [5, 5.41) is 3.36. The van der Waals surface area contributed by atoms with E-state index in [1.54, 1.807) is 11.3 Å². The normalized spacial score (nSPS) is 10.5. The van der Waals surface area contributed by atoms with E-state index in [1.807, 2.05) is 31.2 Å². The molecule has 0 aliphatic rings. The van der Waals surface area contributed by atoms with Crippen molar-refractivity contribution in [3.05, 3.63) is 45.1 Å². The molecule has 5 heteroatoms. The van der Waals surface area contributed by atoms with Gasteiger partial charge in [-0.3, -0.25) is 0 Å². The van der Waals surface area contributed by atoms with Gasteiger partial charge >= 0.3 is 0 Å². The molecule has 0 bridgehead atoms. The SMILES string of the molecule is CCOc1ccccc1OCCNCc1ccc(Br)s1. The van der Waals surface area contributed by atoms with Crippen LogP contribution in [0.2, 0.25) is 0 Å². The summed E-state index contributed by atoms with van der Waals surface area (Å²) in [6.45, 7) is 4.91. The molecule has 108 valence electrons. The molecule has 2 rings (SSSR count). The van der Waals surface area contributed by atoms with Crippen LogP contribution >= 0.6 is 27.3 Å². The first-order valence-electron chi connectivity index (χ1n) is 6.59. The summed E-state index contributed by atoms with van der Waals surface area (Å²) in [5.41, 5.74) is 0. The molecule has 20 heavy (non-hydrogen) atoms. The first-order valence-corrected chi connectivity index (χ1v) is 8.20. The van der Waals surface area contributed by atoms with Crippen LogP contribution < -0.4 is 14.8 Å². The van der Waals surface area contributed by atoms with Gasteiger partial charge in [0.1, 0.15) is 6.61 Å². The summed E-state index contributed by atoms with van der Waals surface area (Å²) < 4.78 is 12.4. The summed E-state index contributed by atoms with van der Waals surface area (Å²) in [7, 11) is 0. The van der Waals surface area contributed by atoms with Crippen molar-refractivity contribution < 1.29 is 9.47 Å². The third-order valence-electron chi connectivity index (χ3n) is 2.61. The van der Waals surface area contributed by atoms with Gasteiger partial charge in [0.25, 0.3) is 0 Å². The number of hydrogen-bond acceptors (Lipinski definition) is 4. The van der Waals surface area contributed by atoms with Crippen LogP contribution in [0.15, 0.2) is 40.2 Å². The van der Waals surface area contributed by atoms with E-state index < -0.39 is 0 Å². The fourth-order valence-corrected chi connectivity index (χ4v) is 3.19. The Morgan fingerprint density at radius 2 is 1.85 bits per heavy atom. The number of ether oxygens (including phenoxy) is 2. The van der Waals surface area contributed by atoms with Crippen LogP contribution in [-0.2, 0) is 6.54 Å². The fourth-order valence-electron chi connectivity index (χ4n) is 1.74. The molecule has 3 nitrogen and oxygen atoms in total. The Morgan fingerprint density at radius 1 is 1.10 bits per heavy atom. The average molecular weight is 356 g/mol. The Bertz CT molecular complexity index is 530. The number of rotatable bonds is 8. The average Bonchev–Trinajstić information content (AvgIpc) is 2.86. The first-order chi connectivity index (χ1) is 9.79. The minimum atomic E-state index is 0.622. The zero-order valence-electron chi connectivity index (χ0n) is 11.4. The highest BCUT2D eigenvalue weighted by atomic mass is 79.9. The van der Waals surface area contributed by atoms with Crippen molar-refractivity contribution in [3.63, 3.8) is 0 Å². The topological polar surface area (TPSA) is 30.5 Å². The maximum atomic E-state index is 5.74. The number of para-hydroxylation sites is 2. The van der Waals surface area contributed by atoms with Gasteiger partial charge in [-0.15, -0.1) is 11.3 Å². The molecular weight excluding hydrogens is 338 g/mol. The number of thiophene rings is 1. The Hall–Kier alpha value is -1.04. The smallest absolute Gasteiger partial charge is 0.161 e. The van der Waals surface area contributed by atoms with Crippen LogP contribution in [0.1, 0.15) is 11.8 Å². The Balaban J connectivity index is 1.70. The summed E-state index contributed by atoms with van der Waals surface area (Å²) in [6.07, 6.45) is 0. The van der Waals surface area contributed by atoms with Crippen molar-refractivity contribution in [1.82, 2.24) is 5.32 Å². The molecule has 2 aromatic rings. The lowest BCUT2D eigenvalue weighted by Crippen LogP contribution is -2.20. The lowest BCUT2D eigenvalue weighted by molar-refractivity contribution is 0.276. The second kappa shape index (κ2) is 8.29. The molecule has 0 amide bonds. The van der Waals surface area contributed by atoms with Crippen LogP contribution in [0.4, 0.5) is 0 Å². The van der Waals surface area contributed by atoms with Gasteiger partial charge in [0.15, 0.2) is 11.5 Å². The molecule has 0 spiro atoms. The van der Waals surface area contributed by atoms with Crippen LogP contribution in [-0.4, -0.2) is 19.8 Å². The molecule has 1 aromatic carbocycles. The largest absolute Gasteiger partial charge is 0.490 e. The monoisotopic (exact) mass is 355 g/mol. The van der Waals surface area contributed by atoms with E-state index in [9.17, 15) is 0 Å². The second-order valence-electron chi connectivity index (χ2n) is 4.11. The van der Waals surface area contributed by atoms with Gasteiger partial charge in [-0.05, 0) is 47.1 Å². The molecule has 1 N–H and O–H groups in total. The molecule has 0 saturated carbocycles. The number of nitrogens with one attached hydrogen (secondary N) is 1. The van der Waals surface area contributed by atoms with E-state index >= 15 is 0 Å². The van der Waals surface area contributed by atoms with E-state index in [2.05, 4.69) is 33.4 Å².